The van der Waals surface area contributed by atoms with Crippen molar-refractivity contribution in [3.63, 3.8) is 0 Å². The summed E-state index contributed by atoms with van der Waals surface area (Å²) < 4.78 is 12.8. The van der Waals surface area contributed by atoms with E-state index in [9.17, 15) is 4.39 Å². The second kappa shape index (κ2) is 6.23. The van der Waals surface area contributed by atoms with Crippen molar-refractivity contribution in [2.45, 2.75) is 6.42 Å². The number of hydrogen-bond acceptors (Lipinski definition) is 1. The number of alkyl halides is 1. The first-order valence-corrected chi connectivity index (χ1v) is 5.36. The van der Waals surface area contributed by atoms with Crippen molar-refractivity contribution in [3.05, 3.63) is 34.6 Å². The third-order valence-corrected chi connectivity index (χ3v) is 2.32. The molecule has 0 aliphatic heterocycles. The molecule has 1 aromatic carbocycles. The number of rotatable bonds is 5. The van der Waals surface area contributed by atoms with E-state index in [2.05, 4.69) is 5.32 Å². The molecule has 14 heavy (non-hydrogen) atoms. The molecule has 0 fully saturated rings. The number of hydrogen-bond donors (Lipinski definition) is 1. The van der Waals surface area contributed by atoms with Crippen LogP contribution in [0.2, 0.25) is 5.02 Å². The third-order valence-electron chi connectivity index (χ3n) is 1.85. The van der Waals surface area contributed by atoms with Crippen molar-refractivity contribution < 1.29 is 4.39 Å². The monoisotopic (exact) mass is 235 g/mol. The van der Waals surface area contributed by atoms with Gasteiger partial charge in [0.15, 0.2) is 0 Å². The topological polar surface area (TPSA) is 12.0 Å². The lowest BCUT2D eigenvalue weighted by Crippen LogP contribution is -2.19. The van der Waals surface area contributed by atoms with Gasteiger partial charge >= 0.3 is 0 Å². The number of nitrogens with one attached hydrogen (secondary N) is 1. The van der Waals surface area contributed by atoms with Crippen LogP contribution < -0.4 is 5.32 Å². The minimum Gasteiger partial charge on any atom is -0.315 e. The highest BCUT2D eigenvalue weighted by atomic mass is 35.5. The van der Waals surface area contributed by atoms with Gasteiger partial charge in [0.1, 0.15) is 5.82 Å². The minimum atomic E-state index is -0.371. The van der Waals surface area contributed by atoms with Gasteiger partial charge in [-0.15, -0.1) is 11.6 Å². The van der Waals surface area contributed by atoms with Gasteiger partial charge in [-0.05, 0) is 30.7 Å². The Labute approximate surface area is 93.2 Å². The summed E-state index contributed by atoms with van der Waals surface area (Å²) in [7, 11) is 0. The van der Waals surface area contributed by atoms with Crippen molar-refractivity contribution in [2.24, 2.45) is 0 Å². The molecular formula is C10H12Cl2FN. The van der Waals surface area contributed by atoms with E-state index in [0.717, 1.165) is 25.1 Å². The molecule has 0 unspecified atom stereocenters. The second-order valence-corrected chi connectivity index (χ2v) is 3.72. The fourth-order valence-corrected chi connectivity index (χ4v) is 1.46. The smallest absolute Gasteiger partial charge is 0.141 e. The standard InChI is InChI=1S/C10H12Cl2FN/c11-4-6-14-5-3-8-1-2-10(13)9(12)7-8/h1-2,7,14H,3-6H2. The Morgan fingerprint density at radius 2 is 2.07 bits per heavy atom. The van der Waals surface area contributed by atoms with Gasteiger partial charge in [-0.25, -0.2) is 4.39 Å². The summed E-state index contributed by atoms with van der Waals surface area (Å²) in [6.45, 7) is 1.62. The summed E-state index contributed by atoms with van der Waals surface area (Å²) >= 11 is 11.1. The Bertz CT molecular complexity index is 291. The Balaban J connectivity index is 2.39. The predicted octanol–water partition coefficient (Wildman–Crippen LogP) is 2.85. The fraction of sp³-hybridized carbons (Fsp3) is 0.400. The third kappa shape index (κ3) is 3.82. The fourth-order valence-electron chi connectivity index (χ4n) is 1.12. The van der Waals surface area contributed by atoms with Crippen LogP contribution in [-0.4, -0.2) is 19.0 Å². The Morgan fingerprint density at radius 1 is 1.29 bits per heavy atom. The van der Waals surface area contributed by atoms with E-state index < -0.39 is 0 Å². The molecule has 1 rings (SSSR count). The maximum Gasteiger partial charge on any atom is 0.141 e. The van der Waals surface area contributed by atoms with E-state index in [-0.39, 0.29) is 10.8 Å². The lowest BCUT2D eigenvalue weighted by atomic mass is 10.1. The molecule has 0 amide bonds. The molecule has 1 aromatic rings. The molecule has 1 N–H and O–H groups in total. The van der Waals surface area contributed by atoms with E-state index in [4.69, 9.17) is 23.2 Å². The van der Waals surface area contributed by atoms with Gasteiger partial charge in [0.25, 0.3) is 0 Å². The van der Waals surface area contributed by atoms with Crippen LogP contribution in [0.1, 0.15) is 5.56 Å². The first-order chi connectivity index (χ1) is 6.74. The van der Waals surface area contributed by atoms with Crippen LogP contribution in [0.15, 0.2) is 18.2 Å². The SMILES string of the molecule is Fc1ccc(CCNCCCl)cc1Cl. The first kappa shape index (κ1) is 11.8. The number of halogens is 3. The van der Waals surface area contributed by atoms with Crippen LogP contribution in [-0.2, 0) is 6.42 Å². The minimum absolute atomic E-state index is 0.180. The summed E-state index contributed by atoms with van der Waals surface area (Å²) in [5.74, 6) is 0.230. The zero-order valence-electron chi connectivity index (χ0n) is 7.69. The molecule has 0 aliphatic carbocycles. The van der Waals surface area contributed by atoms with Crippen molar-refractivity contribution in [3.8, 4) is 0 Å². The highest BCUT2D eigenvalue weighted by Crippen LogP contribution is 2.15. The quantitative estimate of drug-likeness (QED) is 0.612. The lowest BCUT2D eigenvalue weighted by molar-refractivity contribution is 0.626. The van der Waals surface area contributed by atoms with Gasteiger partial charge in [-0.1, -0.05) is 17.7 Å². The molecule has 0 radical (unpaired) electrons. The summed E-state index contributed by atoms with van der Waals surface area (Å²) in [6.07, 6.45) is 0.830. The zero-order chi connectivity index (χ0) is 10.4. The molecule has 78 valence electrons. The van der Waals surface area contributed by atoms with E-state index in [1.165, 1.54) is 6.07 Å². The van der Waals surface area contributed by atoms with Crippen LogP contribution in [0.3, 0.4) is 0 Å². The van der Waals surface area contributed by atoms with Crippen molar-refractivity contribution in [1.82, 2.24) is 5.32 Å². The van der Waals surface area contributed by atoms with Gasteiger partial charge in [0.2, 0.25) is 0 Å². The molecule has 0 saturated heterocycles. The van der Waals surface area contributed by atoms with Gasteiger partial charge in [0, 0.05) is 12.4 Å². The molecule has 0 saturated carbocycles. The Morgan fingerprint density at radius 3 is 2.71 bits per heavy atom. The van der Waals surface area contributed by atoms with E-state index in [0.29, 0.717) is 5.88 Å². The van der Waals surface area contributed by atoms with Crippen LogP contribution >= 0.6 is 23.2 Å². The maximum absolute atomic E-state index is 12.8. The van der Waals surface area contributed by atoms with Crippen LogP contribution in [0.25, 0.3) is 0 Å². The Hall–Kier alpha value is -0.310. The first-order valence-electron chi connectivity index (χ1n) is 4.44. The molecule has 0 bridgehead atoms. The molecule has 0 spiro atoms. The van der Waals surface area contributed by atoms with Crippen LogP contribution in [0, 0.1) is 5.82 Å². The highest BCUT2D eigenvalue weighted by molar-refractivity contribution is 6.30. The molecule has 0 aromatic heterocycles. The highest BCUT2D eigenvalue weighted by Gasteiger charge is 2.00. The van der Waals surface area contributed by atoms with Gasteiger partial charge in [-0.2, -0.15) is 0 Å². The van der Waals surface area contributed by atoms with Crippen LogP contribution in [0.5, 0.6) is 0 Å². The molecule has 0 heterocycles. The van der Waals surface area contributed by atoms with Crippen molar-refractivity contribution >= 4 is 23.2 Å². The summed E-state index contributed by atoms with van der Waals surface area (Å²) in [4.78, 5) is 0. The predicted molar refractivity (Wildman–Crippen MR) is 58.7 cm³/mol. The largest absolute Gasteiger partial charge is 0.315 e. The number of benzene rings is 1. The van der Waals surface area contributed by atoms with Crippen molar-refractivity contribution in [1.29, 1.82) is 0 Å². The normalized spacial score (nSPS) is 10.5. The van der Waals surface area contributed by atoms with Crippen LogP contribution in [0.4, 0.5) is 4.39 Å². The summed E-state index contributed by atoms with van der Waals surface area (Å²) in [6, 6.07) is 4.78. The van der Waals surface area contributed by atoms with Gasteiger partial charge in [-0.3, -0.25) is 0 Å². The zero-order valence-corrected chi connectivity index (χ0v) is 9.21. The molecule has 4 heteroatoms. The van der Waals surface area contributed by atoms with E-state index in [1.807, 2.05) is 0 Å². The summed E-state index contributed by atoms with van der Waals surface area (Å²) in [5, 5.41) is 3.33. The van der Waals surface area contributed by atoms with Gasteiger partial charge in [0.05, 0.1) is 5.02 Å². The average Bonchev–Trinajstić information content (AvgIpc) is 2.18. The molecule has 0 aliphatic rings. The summed E-state index contributed by atoms with van der Waals surface area (Å²) in [5.41, 5.74) is 1.03. The molecular weight excluding hydrogens is 224 g/mol. The van der Waals surface area contributed by atoms with E-state index in [1.54, 1.807) is 12.1 Å². The van der Waals surface area contributed by atoms with Gasteiger partial charge < -0.3 is 5.32 Å². The average molecular weight is 236 g/mol. The lowest BCUT2D eigenvalue weighted by Gasteiger charge is -2.03. The van der Waals surface area contributed by atoms with E-state index >= 15 is 0 Å². The molecule has 1 nitrogen and oxygen atoms in total. The second-order valence-electron chi connectivity index (χ2n) is 2.94. The maximum atomic E-state index is 12.8. The molecule has 0 atom stereocenters. The Kier molecular flexibility index (Phi) is 5.23. The van der Waals surface area contributed by atoms with Crippen molar-refractivity contribution in [2.75, 3.05) is 19.0 Å².